The Morgan fingerprint density at radius 1 is 1.10 bits per heavy atom. The van der Waals surface area contributed by atoms with E-state index in [-0.39, 0.29) is 53.5 Å². The third kappa shape index (κ3) is 6.92. The first-order valence-electron chi connectivity index (χ1n) is 2.94. The molecule has 0 saturated heterocycles. The summed E-state index contributed by atoms with van der Waals surface area (Å²) in [6.45, 7) is 11.0. The van der Waals surface area contributed by atoms with E-state index >= 15 is 0 Å². The monoisotopic (exact) mass is 300 g/mol. The van der Waals surface area contributed by atoms with Crippen LogP contribution in [0.5, 0.6) is 0 Å². The van der Waals surface area contributed by atoms with Gasteiger partial charge in [-0.1, -0.05) is 33.9 Å². The third-order valence-corrected chi connectivity index (χ3v) is 7.05. The smallest absolute Gasteiger partial charge is 1.00 e. The summed E-state index contributed by atoms with van der Waals surface area (Å²) in [5, 5.41) is 0.342. The van der Waals surface area contributed by atoms with Crippen LogP contribution in [0.1, 0.15) is 20.8 Å². The van der Waals surface area contributed by atoms with Gasteiger partial charge in [0.25, 0.3) is 0 Å². The number of rotatable bonds is 0. The number of halogens is 2. The summed E-state index contributed by atoms with van der Waals surface area (Å²) in [4.78, 5) is 0. The summed E-state index contributed by atoms with van der Waals surface area (Å²) < 4.78 is 0. The Kier molecular flexibility index (Phi) is 10.5. The van der Waals surface area contributed by atoms with Crippen molar-refractivity contribution in [1.29, 1.82) is 0 Å². The SMILES string of the molecule is CC(C)(C)[Si](C)(C)Cl.[I-].[Na+]. The van der Waals surface area contributed by atoms with Crippen LogP contribution in [0.3, 0.4) is 0 Å². The first kappa shape index (κ1) is 18.1. The van der Waals surface area contributed by atoms with Crippen molar-refractivity contribution in [2.24, 2.45) is 0 Å². The summed E-state index contributed by atoms with van der Waals surface area (Å²) in [6.07, 6.45) is 0. The second-order valence-electron chi connectivity index (χ2n) is 3.72. The van der Waals surface area contributed by atoms with Crippen molar-refractivity contribution >= 4 is 18.5 Å². The number of hydrogen-bond acceptors (Lipinski definition) is 0. The van der Waals surface area contributed by atoms with Crippen LogP contribution < -0.4 is 53.5 Å². The molecule has 0 rings (SSSR count). The Balaban J connectivity index is -0.000000245. The first-order valence-corrected chi connectivity index (χ1v) is 6.95. The molecule has 0 aromatic rings. The zero-order chi connectivity index (χ0) is 7.00. The average molecular weight is 301 g/mol. The van der Waals surface area contributed by atoms with Gasteiger partial charge in [-0.05, 0) is 5.04 Å². The molecule has 0 heterocycles. The molecule has 0 aliphatic rings. The van der Waals surface area contributed by atoms with Gasteiger partial charge in [0.1, 0.15) is 0 Å². The standard InChI is InChI=1S/C6H15ClSi.HI.Na/c1-6(2,3)8(4,5)7;;/h1-5H3;1H;/q;;+1/p-1. The Morgan fingerprint density at radius 2 is 1.20 bits per heavy atom. The van der Waals surface area contributed by atoms with E-state index in [9.17, 15) is 0 Å². The summed E-state index contributed by atoms with van der Waals surface area (Å²) in [5.74, 6) is 0. The summed E-state index contributed by atoms with van der Waals surface area (Å²) >= 11 is 6.15. The van der Waals surface area contributed by atoms with Crippen molar-refractivity contribution in [3.8, 4) is 0 Å². The van der Waals surface area contributed by atoms with Gasteiger partial charge in [0.2, 0.25) is 0 Å². The summed E-state index contributed by atoms with van der Waals surface area (Å²) in [7, 11) is -1.39. The van der Waals surface area contributed by atoms with Crippen molar-refractivity contribution in [2.45, 2.75) is 38.9 Å². The van der Waals surface area contributed by atoms with E-state index in [4.69, 9.17) is 11.1 Å². The quantitative estimate of drug-likeness (QED) is 0.258. The van der Waals surface area contributed by atoms with Gasteiger partial charge in [-0.2, -0.15) is 11.1 Å². The van der Waals surface area contributed by atoms with Crippen LogP contribution in [0.2, 0.25) is 18.1 Å². The largest absolute Gasteiger partial charge is 1.00 e. The second kappa shape index (κ2) is 5.81. The van der Waals surface area contributed by atoms with E-state index in [1.54, 1.807) is 0 Å². The van der Waals surface area contributed by atoms with Crippen LogP contribution in [0.15, 0.2) is 0 Å². The van der Waals surface area contributed by atoms with Gasteiger partial charge >= 0.3 is 29.6 Å². The zero-order valence-corrected chi connectivity index (χ0v) is 13.7. The molecule has 0 bridgehead atoms. The Hall–Kier alpha value is 2.24. The normalized spacial score (nSPS) is 11.4. The molecule has 0 aliphatic heterocycles. The van der Waals surface area contributed by atoms with E-state index < -0.39 is 7.38 Å². The van der Waals surface area contributed by atoms with Crippen molar-refractivity contribution in [2.75, 3.05) is 0 Å². The van der Waals surface area contributed by atoms with Crippen LogP contribution >= 0.6 is 11.1 Å². The Morgan fingerprint density at radius 3 is 1.20 bits per heavy atom. The van der Waals surface area contributed by atoms with Gasteiger partial charge in [0, 0.05) is 0 Å². The molecule has 10 heavy (non-hydrogen) atoms. The maximum Gasteiger partial charge on any atom is 1.00 e. The molecule has 58 valence electrons. The van der Waals surface area contributed by atoms with Gasteiger partial charge in [0.05, 0.1) is 0 Å². The van der Waals surface area contributed by atoms with E-state index in [0.29, 0.717) is 5.04 Å². The molecule has 4 heteroatoms. The molecule has 0 amide bonds. The van der Waals surface area contributed by atoms with Crippen molar-refractivity contribution in [3.05, 3.63) is 0 Å². The molecule has 0 fully saturated rings. The zero-order valence-electron chi connectivity index (χ0n) is 7.76. The van der Waals surface area contributed by atoms with E-state index in [2.05, 4.69) is 33.9 Å². The summed E-state index contributed by atoms with van der Waals surface area (Å²) in [5.41, 5.74) is 0. The van der Waals surface area contributed by atoms with Crippen LogP contribution in [-0.4, -0.2) is 7.38 Å². The molecule has 0 N–H and O–H groups in total. The molecule has 0 unspecified atom stereocenters. The maximum atomic E-state index is 6.15. The van der Waals surface area contributed by atoms with Crippen LogP contribution in [0.4, 0.5) is 0 Å². The van der Waals surface area contributed by atoms with E-state index in [0.717, 1.165) is 0 Å². The third-order valence-electron chi connectivity index (χ3n) is 1.78. The van der Waals surface area contributed by atoms with Crippen molar-refractivity contribution in [1.82, 2.24) is 0 Å². The van der Waals surface area contributed by atoms with Crippen molar-refractivity contribution in [3.63, 3.8) is 0 Å². The van der Waals surface area contributed by atoms with E-state index in [1.165, 1.54) is 0 Å². The molecule has 0 atom stereocenters. The minimum absolute atomic E-state index is 0. The molecular formula is C6H15ClINaSi. The molecule has 0 nitrogen and oxygen atoms in total. The molecule has 0 radical (unpaired) electrons. The minimum atomic E-state index is -1.39. The second-order valence-corrected chi connectivity index (χ2v) is 11.0. The van der Waals surface area contributed by atoms with Gasteiger partial charge in [-0.15, -0.1) is 0 Å². The molecule has 0 aliphatic carbocycles. The van der Waals surface area contributed by atoms with Gasteiger partial charge in [-0.25, -0.2) is 0 Å². The first-order chi connectivity index (χ1) is 3.25. The Bertz CT molecular complexity index is 72.7. The maximum absolute atomic E-state index is 6.15. The topological polar surface area (TPSA) is 0 Å². The number of hydrogen-bond donors (Lipinski definition) is 0. The fraction of sp³-hybridized carbons (Fsp3) is 1.00. The predicted octanol–water partition coefficient (Wildman–Crippen LogP) is -2.76. The molecular weight excluding hydrogens is 285 g/mol. The molecule has 0 aromatic carbocycles. The fourth-order valence-corrected chi connectivity index (χ4v) is 0. The molecule has 0 spiro atoms. The fourth-order valence-electron chi connectivity index (χ4n) is 0. The summed E-state index contributed by atoms with van der Waals surface area (Å²) in [6, 6.07) is 0. The van der Waals surface area contributed by atoms with Crippen molar-refractivity contribution < 1.29 is 53.5 Å². The van der Waals surface area contributed by atoms with Crippen LogP contribution in [0, 0.1) is 0 Å². The van der Waals surface area contributed by atoms with Gasteiger partial charge < -0.3 is 24.0 Å². The van der Waals surface area contributed by atoms with Crippen LogP contribution in [0.25, 0.3) is 0 Å². The van der Waals surface area contributed by atoms with E-state index in [1.807, 2.05) is 0 Å². The Labute approximate surface area is 110 Å². The molecule has 0 aromatic heterocycles. The van der Waals surface area contributed by atoms with Crippen LogP contribution in [-0.2, 0) is 0 Å². The van der Waals surface area contributed by atoms with Gasteiger partial charge in [0.15, 0.2) is 7.38 Å². The molecule has 0 saturated carbocycles. The minimum Gasteiger partial charge on any atom is -1.00 e. The van der Waals surface area contributed by atoms with Gasteiger partial charge in [-0.3, -0.25) is 0 Å². The average Bonchev–Trinajstić information content (AvgIpc) is 1.25. The predicted molar refractivity (Wildman–Crippen MR) is 43.1 cm³/mol.